The van der Waals surface area contributed by atoms with Crippen LogP contribution in [0.15, 0.2) is 24.3 Å². The number of benzene rings is 1. The lowest BCUT2D eigenvalue weighted by molar-refractivity contribution is -0.141. The zero-order valence-electron chi connectivity index (χ0n) is 16.2. The van der Waals surface area contributed by atoms with E-state index < -0.39 is 0 Å². The predicted molar refractivity (Wildman–Crippen MR) is 104 cm³/mol. The van der Waals surface area contributed by atoms with Crippen molar-refractivity contribution < 1.29 is 9.90 Å². The molecule has 0 saturated carbocycles. The Kier molecular flexibility index (Phi) is 6.68. The van der Waals surface area contributed by atoms with E-state index >= 15 is 0 Å². The van der Waals surface area contributed by atoms with E-state index in [2.05, 4.69) is 53.1 Å². The van der Waals surface area contributed by atoms with E-state index in [0.29, 0.717) is 31.3 Å². The summed E-state index contributed by atoms with van der Waals surface area (Å²) >= 11 is 0. The predicted octanol–water partition coefficient (Wildman–Crippen LogP) is 1.94. The van der Waals surface area contributed by atoms with Gasteiger partial charge in [-0.2, -0.15) is 0 Å². The molecule has 2 aliphatic rings. The van der Waals surface area contributed by atoms with Crippen molar-refractivity contribution in [3.8, 4) is 0 Å². The highest BCUT2D eigenvalue weighted by Crippen LogP contribution is 2.32. The maximum absolute atomic E-state index is 12.3. The monoisotopic (exact) mass is 359 g/mol. The first kappa shape index (κ1) is 19.3. The summed E-state index contributed by atoms with van der Waals surface area (Å²) in [6.45, 7) is 4.96. The number of likely N-dealkylation sites (tertiary alicyclic amines) is 2. The fraction of sp³-hybridized carbons (Fsp3) is 0.667. The van der Waals surface area contributed by atoms with Gasteiger partial charge in [-0.15, -0.1) is 0 Å². The van der Waals surface area contributed by atoms with Gasteiger partial charge in [-0.1, -0.05) is 24.3 Å². The topological polar surface area (TPSA) is 47.0 Å². The van der Waals surface area contributed by atoms with Gasteiger partial charge in [-0.25, -0.2) is 0 Å². The van der Waals surface area contributed by atoms with E-state index in [9.17, 15) is 4.79 Å². The number of carbonyl (C=O) groups is 1. The SMILES string of the molecule is CN(C)Cc1cccc(CN2CC[C@@H]3[C@@H](CCC(=O)N3CCCO)C2)c1. The minimum Gasteiger partial charge on any atom is -0.396 e. The molecule has 5 nitrogen and oxygen atoms in total. The van der Waals surface area contributed by atoms with Crippen LogP contribution in [0.2, 0.25) is 0 Å². The van der Waals surface area contributed by atoms with Gasteiger partial charge >= 0.3 is 0 Å². The van der Waals surface area contributed by atoms with Crippen molar-refractivity contribution in [2.45, 2.75) is 44.8 Å². The van der Waals surface area contributed by atoms with Crippen molar-refractivity contribution in [2.75, 3.05) is 40.3 Å². The van der Waals surface area contributed by atoms with Crippen LogP contribution in [0.3, 0.4) is 0 Å². The molecule has 1 N–H and O–H groups in total. The summed E-state index contributed by atoms with van der Waals surface area (Å²) in [6.07, 6.45) is 3.42. The summed E-state index contributed by atoms with van der Waals surface area (Å²) in [6, 6.07) is 9.28. The lowest BCUT2D eigenvalue weighted by Gasteiger charge is -2.47. The van der Waals surface area contributed by atoms with Crippen LogP contribution in [-0.4, -0.2) is 72.1 Å². The third-order valence-corrected chi connectivity index (χ3v) is 5.68. The van der Waals surface area contributed by atoms with E-state index in [1.807, 2.05) is 0 Å². The van der Waals surface area contributed by atoms with E-state index in [4.69, 9.17) is 5.11 Å². The fourth-order valence-electron chi connectivity index (χ4n) is 4.55. The molecule has 1 aromatic carbocycles. The second-order valence-corrected chi connectivity index (χ2v) is 8.11. The minimum atomic E-state index is 0.163. The van der Waals surface area contributed by atoms with Gasteiger partial charge in [0.05, 0.1) is 0 Å². The Hall–Kier alpha value is -1.43. The summed E-state index contributed by atoms with van der Waals surface area (Å²) in [7, 11) is 4.20. The molecule has 0 bridgehead atoms. The van der Waals surface area contributed by atoms with E-state index in [-0.39, 0.29) is 12.5 Å². The summed E-state index contributed by atoms with van der Waals surface area (Å²) in [5, 5.41) is 9.11. The lowest BCUT2D eigenvalue weighted by atomic mass is 9.83. The van der Waals surface area contributed by atoms with Gasteiger partial charge in [-0.3, -0.25) is 9.69 Å². The molecule has 2 saturated heterocycles. The molecule has 3 rings (SSSR count). The van der Waals surface area contributed by atoms with Crippen LogP contribution in [0, 0.1) is 5.92 Å². The molecular weight excluding hydrogens is 326 g/mol. The molecule has 1 amide bonds. The number of hydrogen-bond acceptors (Lipinski definition) is 4. The summed E-state index contributed by atoms with van der Waals surface area (Å²) in [5.74, 6) is 0.856. The highest BCUT2D eigenvalue weighted by Gasteiger charge is 2.38. The van der Waals surface area contributed by atoms with Gasteiger partial charge in [0.15, 0.2) is 0 Å². The van der Waals surface area contributed by atoms with Crippen molar-refractivity contribution in [1.82, 2.24) is 14.7 Å². The third kappa shape index (κ3) is 4.84. The Bertz CT molecular complexity index is 605. The van der Waals surface area contributed by atoms with Crippen molar-refractivity contribution >= 4 is 5.91 Å². The summed E-state index contributed by atoms with van der Waals surface area (Å²) in [5.41, 5.74) is 2.74. The molecule has 2 fully saturated rings. The van der Waals surface area contributed by atoms with Crippen LogP contribution in [0.5, 0.6) is 0 Å². The van der Waals surface area contributed by atoms with Crippen LogP contribution >= 0.6 is 0 Å². The molecule has 1 aromatic rings. The third-order valence-electron chi connectivity index (χ3n) is 5.68. The Labute approximate surface area is 157 Å². The number of hydrogen-bond donors (Lipinski definition) is 1. The van der Waals surface area contributed by atoms with Crippen LogP contribution in [0.4, 0.5) is 0 Å². The maximum atomic E-state index is 12.3. The summed E-state index contributed by atoms with van der Waals surface area (Å²) < 4.78 is 0. The molecule has 0 unspecified atom stereocenters. The van der Waals surface area contributed by atoms with E-state index in [1.165, 1.54) is 11.1 Å². The van der Waals surface area contributed by atoms with Crippen LogP contribution in [0.25, 0.3) is 0 Å². The Balaban J connectivity index is 1.59. The zero-order valence-corrected chi connectivity index (χ0v) is 16.2. The molecule has 0 radical (unpaired) electrons. The molecule has 2 atom stereocenters. The maximum Gasteiger partial charge on any atom is 0.222 e. The van der Waals surface area contributed by atoms with Crippen LogP contribution in [-0.2, 0) is 17.9 Å². The van der Waals surface area contributed by atoms with Gasteiger partial charge in [0.1, 0.15) is 0 Å². The first-order valence-corrected chi connectivity index (χ1v) is 9.92. The number of rotatable bonds is 7. The first-order valence-electron chi connectivity index (χ1n) is 9.92. The lowest BCUT2D eigenvalue weighted by Crippen LogP contribution is -2.56. The van der Waals surface area contributed by atoms with Crippen molar-refractivity contribution in [3.63, 3.8) is 0 Å². The molecule has 0 aromatic heterocycles. The number of nitrogens with zero attached hydrogens (tertiary/aromatic N) is 3. The van der Waals surface area contributed by atoms with Crippen molar-refractivity contribution in [2.24, 2.45) is 5.92 Å². The molecule has 2 aliphatic heterocycles. The van der Waals surface area contributed by atoms with E-state index in [1.54, 1.807) is 0 Å². The molecule has 26 heavy (non-hydrogen) atoms. The summed E-state index contributed by atoms with van der Waals surface area (Å²) in [4.78, 5) is 19.1. The number of aliphatic hydroxyl groups is 1. The Morgan fingerprint density at radius 3 is 2.81 bits per heavy atom. The van der Waals surface area contributed by atoms with Gasteiger partial charge in [0.2, 0.25) is 5.91 Å². The molecule has 0 spiro atoms. The van der Waals surface area contributed by atoms with Crippen molar-refractivity contribution in [3.05, 3.63) is 35.4 Å². The Morgan fingerprint density at radius 1 is 1.23 bits per heavy atom. The minimum absolute atomic E-state index is 0.163. The first-order chi connectivity index (χ1) is 12.6. The Morgan fingerprint density at radius 2 is 2.04 bits per heavy atom. The van der Waals surface area contributed by atoms with Gasteiger partial charge in [-0.05, 0) is 50.4 Å². The molecule has 2 heterocycles. The molecule has 144 valence electrons. The van der Waals surface area contributed by atoms with Crippen LogP contribution < -0.4 is 0 Å². The second-order valence-electron chi connectivity index (χ2n) is 8.11. The number of carbonyl (C=O) groups excluding carboxylic acids is 1. The number of aliphatic hydroxyl groups excluding tert-OH is 1. The number of piperidine rings is 2. The van der Waals surface area contributed by atoms with Crippen LogP contribution in [0.1, 0.15) is 36.8 Å². The molecular formula is C21H33N3O2. The van der Waals surface area contributed by atoms with E-state index in [0.717, 1.165) is 39.0 Å². The quantitative estimate of drug-likeness (QED) is 0.808. The number of amides is 1. The zero-order chi connectivity index (χ0) is 18.5. The molecule has 0 aliphatic carbocycles. The largest absolute Gasteiger partial charge is 0.396 e. The van der Waals surface area contributed by atoms with Gasteiger partial charge < -0.3 is 14.9 Å². The van der Waals surface area contributed by atoms with Crippen molar-refractivity contribution in [1.29, 1.82) is 0 Å². The fourth-order valence-corrected chi connectivity index (χ4v) is 4.55. The van der Waals surface area contributed by atoms with Gasteiger partial charge in [0, 0.05) is 51.8 Å². The highest BCUT2D eigenvalue weighted by atomic mass is 16.3. The van der Waals surface area contributed by atoms with Gasteiger partial charge in [0.25, 0.3) is 0 Å². The standard InChI is InChI=1S/C21H33N3O2/c1-22(2)14-17-5-3-6-18(13-17)15-23-11-9-20-19(16-23)7-8-21(26)24(20)10-4-12-25/h3,5-6,13,19-20,25H,4,7-12,14-16H2,1-2H3/t19-,20+/m0/s1. The average Bonchev–Trinajstić information content (AvgIpc) is 2.61. The number of fused-ring (bicyclic) bond motifs is 1. The second kappa shape index (κ2) is 8.98. The average molecular weight is 360 g/mol. The molecule has 5 heteroatoms. The smallest absolute Gasteiger partial charge is 0.222 e. The normalized spacial score (nSPS) is 24.2. The highest BCUT2D eigenvalue weighted by molar-refractivity contribution is 5.77.